The monoisotopic (exact) mass is 237 g/mol. The zero-order chi connectivity index (χ0) is 7.57. The average molecular weight is 238 g/mol. The first-order valence-electron chi connectivity index (χ1n) is 4.42. The molecule has 2 saturated heterocycles. The lowest BCUT2D eigenvalue weighted by atomic mass is 10.2. The Bertz CT molecular complexity index is 112. The fraction of sp³-hybridized carbons (Fsp3) is 1.00. The molecule has 2 rings (SSSR count). The van der Waals surface area contributed by atoms with Gasteiger partial charge in [0, 0.05) is 0 Å². The molecule has 0 aliphatic carbocycles. The van der Waals surface area contributed by atoms with Gasteiger partial charge in [-0.3, -0.25) is 0 Å². The second-order valence-corrected chi connectivity index (χ2v) is 3.46. The van der Waals surface area contributed by atoms with Crippen LogP contribution < -0.4 is 17.0 Å². The minimum Gasteiger partial charge on any atom is -1.00 e. The molecule has 12 heavy (non-hydrogen) atoms. The smallest absolute Gasteiger partial charge is 0.103 e. The van der Waals surface area contributed by atoms with Crippen molar-refractivity contribution in [2.75, 3.05) is 52.6 Å². The van der Waals surface area contributed by atoms with Crippen molar-refractivity contribution in [3.63, 3.8) is 0 Å². The van der Waals surface area contributed by atoms with Crippen LogP contribution in [0.15, 0.2) is 0 Å². The number of nitrogens with zero attached hydrogens (tertiary/aromatic N) is 1. The maximum Gasteiger partial charge on any atom is 0.103 e. The van der Waals surface area contributed by atoms with Crippen LogP contribution in [-0.4, -0.2) is 57.1 Å². The van der Waals surface area contributed by atoms with Crippen LogP contribution >= 0.6 is 0 Å². The summed E-state index contributed by atoms with van der Waals surface area (Å²) in [6.07, 6.45) is 0. The van der Waals surface area contributed by atoms with E-state index in [0.29, 0.717) is 0 Å². The largest absolute Gasteiger partial charge is 1.00 e. The van der Waals surface area contributed by atoms with Crippen LogP contribution in [0.5, 0.6) is 0 Å². The van der Waals surface area contributed by atoms with Crippen molar-refractivity contribution in [2.24, 2.45) is 0 Å². The van der Waals surface area contributed by atoms with Crippen molar-refractivity contribution in [2.45, 2.75) is 0 Å². The molecule has 72 valence electrons. The predicted molar refractivity (Wildman–Crippen MR) is 41.4 cm³/mol. The molecule has 2 aliphatic rings. The number of rotatable bonds is 0. The summed E-state index contributed by atoms with van der Waals surface area (Å²) in [7, 11) is 0. The summed E-state index contributed by atoms with van der Waals surface area (Å²) in [6.45, 7) is 8.57. The van der Waals surface area contributed by atoms with Crippen LogP contribution in [-0.2, 0) is 9.47 Å². The Hall–Kier alpha value is 0.360. The Morgan fingerprint density at radius 2 is 1.00 bits per heavy atom. The predicted octanol–water partition coefficient (Wildman–Crippen LogP) is -3.13. The highest BCUT2D eigenvalue weighted by atomic mass is 79.9. The van der Waals surface area contributed by atoms with E-state index >= 15 is 0 Å². The summed E-state index contributed by atoms with van der Waals surface area (Å²) in [5.74, 6) is 0. The van der Waals surface area contributed by atoms with E-state index in [1.165, 1.54) is 30.7 Å². The third-order valence-corrected chi connectivity index (χ3v) is 2.84. The van der Waals surface area contributed by atoms with Gasteiger partial charge < -0.3 is 30.9 Å². The van der Waals surface area contributed by atoms with Crippen molar-refractivity contribution in [1.29, 1.82) is 0 Å². The molecule has 4 heteroatoms. The molecule has 0 aromatic carbocycles. The quantitative estimate of drug-likeness (QED) is 0.415. The molecule has 0 unspecified atom stereocenters. The molecule has 0 N–H and O–H groups in total. The fourth-order valence-corrected chi connectivity index (χ4v) is 1.91. The highest BCUT2D eigenvalue weighted by Gasteiger charge is 2.32. The fourth-order valence-electron chi connectivity index (χ4n) is 1.91. The third-order valence-electron chi connectivity index (χ3n) is 2.84. The van der Waals surface area contributed by atoms with Gasteiger partial charge in [-0.1, -0.05) is 0 Å². The zero-order valence-electron chi connectivity index (χ0n) is 7.30. The van der Waals surface area contributed by atoms with Gasteiger partial charge in [0.05, 0.1) is 26.4 Å². The maximum absolute atomic E-state index is 5.34. The SMILES string of the molecule is C1C[N+]2(CCO1)CCOCC2.[Br-]. The first kappa shape index (κ1) is 10.4. The van der Waals surface area contributed by atoms with E-state index in [0.717, 1.165) is 26.4 Å². The lowest BCUT2D eigenvalue weighted by Gasteiger charge is -2.43. The van der Waals surface area contributed by atoms with Crippen molar-refractivity contribution >= 4 is 0 Å². The summed E-state index contributed by atoms with van der Waals surface area (Å²) in [5, 5.41) is 0. The van der Waals surface area contributed by atoms with Gasteiger partial charge in [-0.15, -0.1) is 0 Å². The van der Waals surface area contributed by atoms with Gasteiger partial charge in [0.2, 0.25) is 0 Å². The molecule has 2 heterocycles. The molecule has 0 bridgehead atoms. The Labute approximate surface area is 84.0 Å². The van der Waals surface area contributed by atoms with E-state index in [2.05, 4.69) is 0 Å². The summed E-state index contributed by atoms with van der Waals surface area (Å²) < 4.78 is 11.9. The van der Waals surface area contributed by atoms with E-state index in [1.807, 2.05) is 0 Å². The number of hydrogen-bond acceptors (Lipinski definition) is 2. The average Bonchev–Trinajstić information content (AvgIpc) is 2.07. The second kappa shape index (κ2) is 4.56. The van der Waals surface area contributed by atoms with Crippen molar-refractivity contribution in [3.05, 3.63) is 0 Å². The maximum atomic E-state index is 5.34. The van der Waals surface area contributed by atoms with Crippen LogP contribution in [0.3, 0.4) is 0 Å². The van der Waals surface area contributed by atoms with Gasteiger partial charge in [0.1, 0.15) is 26.2 Å². The number of morpholine rings is 2. The Balaban J connectivity index is 0.000000720. The van der Waals surface area contributed by atoms with Crippen LogP contribution in [0.25, 0.3) is 0 Å². The first-order chi connectivity index (χ1) is 5.41. The third kappa shape index (κ3) is 2.19. The molecule has 3 nitrogen and oxygen atoms in total. The summed E-state index contributed by atoms with van der Waals surface area (Å²) in [5.41, 5.74) is 0. The summed E-state index contributed by atoms with van der Waals surface area (Å²) >= 11 is 0. The molecule has 2 aliphatic heterocycles. The van der Waals surface area contributed by atoms with E-state index in [9.17, 15) is 0 Å². The highest BCUT2D eigenvalue weighted by molar-refractivity contribution is 4.54. The molecule has 0 aromatic heterocycles. The molecular weight excluding hydrogens is 222 g/mol. The second-order valence-electron chi connectivity index (χ2n) is 3.46. The summed E-state index contributed by atoms with van der Waals surface area (Å²) in [4.78, 5) is 0. The first-order valence-corrected chi connectivity index (χ1v) is 4.42. The zero-order valence-corrected chi connectivity index (χ0v) is 8.88. The van der Waals surface area contributed by atoms with Gasteiger partial charge in [-0.25, -0.2) is 0 Å². The minimum absolute atomic E-state index is 0. The van der Waals surface area contributed by atoms with E-state index in [1.54, 1.807) is 0 Å². The minimum atomic E-state index is 0. The van der Waals surface area contributed by atoms with Crippen molar-refractivity contribution < 1.29 is 30.9 Å². The van der Waals surface area contributed by atoms with Gasteiger partial charge in [0.15, 0.2) is 0 Å². The Morgan fingerprint density at radius 1 is 0.667 bits per heavy atom. The molecule has 2 fully saturated rings. The molecule has 1 spiro atoms. The van der Waals surface area contributed by atoms with Crippen LogP contribution in [0.4, 0.5) is 0 Å². The van der Waals surface area contributed by atoms with Crippen LogP contribution in [0.1, 0.15) is 0 Å². The van der Waals surface area contributed by atoms with Crippen molar-refractivity contribution in [1.82, 2.24) is 0 Å². The van der Waals surface area contributed by atoms with Gasteiger partial charge in [-0.05, 0) is 0 Å². The molecule has 0 amide bonds. The Kier molecular flexibility index (Phi) is 3.96. The van der Waals surface area contributed by atoms with Crippen LogP contribution in [0, 0.1) is 0 Å². The lowest BCUT2D eigenvalue weighted by Crippen LogP contribution is -3.00. The number of quaternary nitrogens is 1. The molecule has 0 atom stereocenters. The standard InChI is InChI=1S/C8H16NO2.BrH/c1-5-10-6-2-9(1)3-7-11-8-4-9;/h1-8H2;1H/q+1;/p-1. The molecule has 0 saturated carbocycles. The normalized spacial score (nSPS) is 28.0. The highest BCUT2D eigenvalue weighted by Crippen LogP contribution is 2.13. The van der Waals surface area contributed by atoms with E-state index in [-0.39, 0.29) is 17.0 Å². The van der Waals surface area contributed by atoms with E-state index < -0.39 is 0 Å². The molecule has 0 aromatic rings. The van der Waals surface area contributed by atoms with E-state index in [4.69, 9.17) is 9.47 Å². The summed E-state index contributed by atoms with van der Waals surface area (Å²) in [6, 6.07) is 0. The Morgan fingerprint density at radius 3 is 1.33 bits per heavy atom. The molecular formula is C8H16BrNO2. The topological polar surface area (TPSA) is 18.5 Å². The van der Waals surface area contributed by atoms with Gasteiger partial charge in [0.25, 0.3) is 0 Å². The lowest BCUT2D eigenvalue weighted by molar-refractivity contribution is -0.941. The number of hydrogen-bond donors (Lipinski definition) is 0. The van der Waals surface area contributed by atoms with Crippen molar-refractivity contribution in [3.8, 4) is 0 Å². The van der Waals surface area contributed by atoms with Gasteiger partial charge >= 0.3 is 0 Å². The molecule has 0 radical (unpaired) electrons. The number of halogens is 1. The number of ether oxygens (including phenoxy) is 2. The van der Waals surface area contributed by atoms with Crippen LogP contribution in [0.2, 0.25) is 0 Å². The van der Waals surface area contributed by atoms with Gasteiger partial charge in [-0.2, -0.15) is 0 Å².